The Bertz CT molecular complexity index is 821. The first-order valence-electron chi connectivity index (χ1n) is 9.15. The van der Waals surface area contributed by atoms with Gasteiger partial charge in [0.1, 0.15) is 11.5 Å². The molecule has 3 N–H and O–H groups in total. The van der Waals surface area contributed by atoms with Crippen molar-refractivity contribution in [3.8, 4) is 11.5 Å². The first kappa shape index (κ1) is 21.1. The van der Waals surface area contributed by atoms with Crippen molar-refractivity contribution in [1.29, 1.82) is 0 Å². The molecule has 0 aliphatic carbocycles. The van der Waals surface area contributed by atoms with Crippen molar-refractivity contribution in [2.24, 2.45) is 4.99 Å². The molecule has 2 aromatic rings. The molecule has 0 heterocycles. The van der Waals surface area contributed by atoms with Gasteiger partial charge in [-0.3, -0.25) is 4.79 Å². The molecule has 0 saturated carbocycles. The van der Waals surface area contributed by atoms with E-state index in [0.29, 0.717) is 19.0 Å². The lowest BCUT2D eigenvalue weighted by molar-refractivity contribution is -0.114. The number of carbonyl (C=O) groups excluding carboxylic acids is 1. The number of guanidine groups is 1. The molecule has 0 bridgehead atoms. The topological polar surface area (TPSA) is 84.0 Å². The van der Waals surface area contributed by atoms with Crippen LogP contribution in [0, 0.1) is 0 Å². The van der Waals surface area contributed by atoms with Crippen molar-refractivity contribution in [3.05, 3.63) is 53.6 Å². The molecule has 7 nitrogen and oxygen atoms in total. The van der Waals surface area contributed by atoms with Gasteiger partial charge in [0.25, 0.3) is 0 Å². The number of hydrogen-bond acceptors (Lipinski definition) is 4. The number of amides is 1. The third-order valence-corrected chi connectivity index (χ3v) is 3.95. The maximum atomic E-state index is 11.2. The quantitative estimate of drug-likeness (QED) is 0.481. The Morgan fingerprint density at radius 3 is 2.57 bits per heavy atom. The van der Waals surface area contributed by atoms with Gasteiger partial charge >= 0.3 is 0 Å². The van der Waals surface area contributed by atoms with Gasteiger partial charge in [-0.25, -0.2) is 4.99 Å². The molecular formula is C21H28N4O3. The van der Waals surface area contributed by atoms with Crippen LogP contribution in [0.25, 0.3) is 0 Å². The molecule has 0 aliphatic rings. The summed E-state index contributed by atoms with van der Waals surface area (Å²) in [5, 5.41) is 9.33. The molecule has 2 aromatic carbocycles. The number of aliphatic imine (C=N–C) groups is 1. The lowest BCUT2D eigenvalue weighted by atomic mass is 10.2. The molecule has 0 unspecified atom stereocenters. The summed E-state index contributed by atoms with van der Waals surface area (Å²) in [5.74, 6) is 2.11. The molecular weight excluding hydrogens is 356 g/mol. The molecule has 28 heavy (non-hydrogen) atoms. The summed E-state index contributed by atoms with van der Waals surface area (Å²) in [6, 6.07) is 13.4. The zero-order valence-corrected chi connectivity index (χ0v) is 16.8. The number of nitrogens with one attached hydrogen (secondary N) is 3. The second-order valence-electron chi connectivity index (χ2n) is 6.11. The van der Waals surface area contributed by atoms with Crippen molar-refractivity contribution in [2.45, 2.75) is 26.9 Å². The van der Waals surface area contributed by atoms with Gasteiger partial charge < -0.3 is 25.4 Å². The van der Waals surface area contributed by atoms with Crippen LogP contribution in [0.5, 0.6) is 11.5 Å². The van der Waals surface area contributed by atoms with E-state index >= 15 is 0 Å². The van der Waals surface area contributed by atoms with Crippen LogP contribution in [-0.4, -0.2) is 32.6 Å². The van der Waals surface area contributed by atoms with Gasteiger partial charge in [-0.2, -0.15) is 0 Å². The van der Waals surface area contributed by atoms with E-state index in [4.69, 9.17) is 9.47 Å². The Balaban J connectivity index is 2.06. The van der Waals surface area contributed by atoms with Crippen LogP contribution in [0.3, 0.4) is 0 Å². The highest BCUT2D eigenvalue weighted by atomic mass is 16.5. The predicted molar refractivity (Wildman–Crippen MR) is 112 cm³/mol. The number of benzene rings is 2. The summed E-state index contributed by atoms with van der Waals surface area (Å²) in [5.41, 5.74) is 2.77. The highest BCUT2D eigenvalue weighted by Crippen LogP contribution is 2.24. The number of anilines is 1. The standard InChI is InChI=1S/C21H28N4O3/c1-5-22-21(23-13-16-7-6-8-18(11-16)25-15(2)26)24-14-17-9-10-19(27-3)12-20(17)28-4/h6-12H,5,13-14H2,1-4H3,(H,25,26)(H2,22,23,24). The Hall–Kier alpha value is -3.22. The van der Waals surface area contributed by atoms with Crippen LogP contribution in [0.15, 0.2) is 47.5 Å². The van der Waals surface area contributed by atoms with E-state index in [1.807, 2.05) is 49.4 Å². The number of hydrogen-bond donors (Lipinski definition) is 3. The lowest BCUT2D eigenvalue weighted by Crippen LogP contribution is -2.36. The van der Waals surface area contributed by atoms with E-state index in [1.54, 1.807) is 14.2 Å². The van der Waals surface area contributed by atoms with E-state index in [0.717, 1.165) is 34.9 Å². The van der Waals surface area contributed by atoms with Crippen LogP contribution in [0.1, 0.15) is 25.0 Å². The summed E-state index contributed by atoms with van der Waals surface area (Å²) < 4.78 is 10.7. The van der Waals surface area contributed by atoms with Gasteiger partial charge in [0.2, 0.25) is 5.91 Å². The Kier molecular flexibility index (Phi) is 8.14. The van der Waals surface area contributed by atoms with Gasteiger partial charge in [0.05, 0.1) is 20.8 Å². The lowest BCUT2D eigenvalue weighted by Gasteiger charge is -2.14. The molecule has 7 heteroatoms. The Morgan fingerprint density at radius 1 is 1.07 bits per heavy atom. The molecule has 150 valence electrons. The smallest absolute Gasteiger partial charge is 0.221 e. The number of nitrogens with zero attached hydrogens (tertiary/aromatic N) is 1. The molecule has 0 aliphatic heterocycles. The highest BCUT2D eigenvalue weighted by Gasteiger charge is 2.06. The van der Waals surface area contributed by atoms with E-state index in [1.165, 1.54) is 6.92 Å². The monoisotopic (exact) mass is 384 g/mol. The molecule has 1 amide bonds. The third kappa shape index (κ3) is 6.50. The zero-order chi connectivity index (χ0) is 20.4. The van der Waals surface area contributed by atoms with Crippen LogP contribution in [0.2, 0.25) is 0 Å². The van der Waals surface area contributed by atoms with Gasteiger partial charge in [0.15, 0.2) is 5.96 Å². The minimum Gasteiger partial charge on any atom is -0.497 e. The normalized spacial score (nSPS) is 10.9. The average molecular weight is 384 g/mol. The van der Waals surface area contributed by atoms with Crippen molar-refractivity contribution in [3.63, 3.8) is 0 Å². The summed E-state index contributed by atoms with van der Waals surface area (Å²) in [4.78, 5) is 15.8. The fraction of sp³-hybridized carbons (Fsp3) is 0.333. The zero-order valence-electron chi connectivity index (χ0n) is 16.8. The maximum Gasteiger partial charge on any atom is 0.221 e. The van der Waals surface area contributed by atoms with Crippen molar-refractivity contribution in [1.82, 2.24) is 10.6 Å². The minimum absolute atomic E-state index is 0.0934. The summed E-state index contributed by atoms with van der Waals surface area (Å²) in [6.45, 7) is 5.30. The van der Waals surface area contributed by atoms with Crippen molar-refractivity contribution < 1.29 is 14.3 Å². The second kappa shape index (κ2) is 10.8. The molecule has 0 fully saturated rings. The van der Waals surface area contributed by atoms with Crippen molar-refractivity contribution >= 4 is 17.6 Å². The molecule has 0 saturated heterocycles. The number of rotatable bonds is 8. The molecule has 0 radical (unpaired) electrons. The SMILES string of the molecule is CCNC(=NCc1cccc(NC(C)=O)c1)NCc1ccc(OC)cc1OC. The fourth-order valence-electron chi connectivity index (χ4n) is 2.64. The van der Waals surface area contributed by atoms with Crippen LogP contribution >= 0.6 is 0 Å². The third-order valence-electron chi connectivity index (χ3n) is 3.95. The first-order valence-corrected chi connectivity index (χ1v) is 9.15. The van der Waals surface area contributed by atoms with E-state index < -0.39 is 0 Å². The largest absolute Gasteiger partial charge is 0.497 e. The van der Waals surface area contributed by atoms with Gasteiger partial charge in [-0.1, -0.05) is 12.1 Å². The van der Waals surface area contributed by atoms with E-state index in [9.17, 15) is 4.79 Å². The average Bonchev–Trinajstić information content (AvgIpc) is 2.69. The highest BCUT2D eigenvalue weighted by molar-refractivity contribution is 5.88. The number of carbonyl (C=O) groups is 1. The molecule has 0 atom stereocenters. The van der Waals surface area contributed by atoms with E-state index in [-0.39, 0.29) is 5.91 Å². The molecule has 0 spiro atoms. The second-order valence-corrected chi connectivity index (χ2v) is 6.11. The van der Waals surface area contributed by atoms with Gasteiger partial charge in [0, 0.05) is 37.3 Å². The maximum absolute atomic E-state index is 11.2. The summed E-state index contributed by atoms with van der Waals surface area (Å²) >= 11 is 0. The minimum atomic E-state index is -0.0934. The van der Waals surface area contributed by atoms with Crippen LogP contribution in [0.4, 0.5) is 5.69 Å². The first-order chi connectivity index (χ1) is 13.5. The summed E-state index contributed by atoms with van der Waals surface area (Å²) in [7, 11) is 3.27. The van der Waals surface area contributed by atoms with Gasteiger partial charge in [-0.05, 0) is 36.8 Å². The number of methoxy groups -OCH3 is 2. The fourth-order valence-corrected chi connectivity index (χ4v) is 2.64. The van der Waals surface area contributed by atoms with Crippen LogP contribution in [-0.2, 0) is 17.9 Å². The van der Waals surface area contributed by atoms with Crippen LogP contribution < -0.4 is 25.4 Å². The van der Waals surface area contributed by atoms with E-state index in [2.05, 4.69) is 20.9 Å². The molecule has 0 aromatic heterocycles. The Morgan fingerprint density at radius 2 is 1.89 bits per heavy atom. The molecule has 2 rings (SSSR count). The predicted octanol–water partition coefficient (Wildman–Crippen LogP) is 2.92. The summed E-state index contributed by atoms with van der Waals surface area (Å²) in [6.07, 6.45) is 0. The number of ether oxygens (including phenoxy) is 2. The van der Waals surface area contributed by atoms with Crippen molar-refractivity contribution in [2.75, 3.05) is 26.1 Å². The Labute approximate surface area is 166 Å². The van der Waals surface area contributed by atoms with Gasteiger partial charge in [-0.15, -0.1) is 0 Å².